The van der Waals surface area contributed by atoms with Crippen LogP contribution in [0.2, 0.25) is 0 Å². The second kappa shape index (κ2) is 5.96. The Labute approximate surface area is 114 Å². The lowest BCUT2D eigenvalue weighted by atomic mass is 10.1. The summed E-state index contributed by atoms with van der Waals surface area (Å²) in [6, 6.07) is 6.33. The predicted octanol–water partition coefficient (Wildman–Crippen LogP) is 1.86. The molecule has 104 valence electrons. The van der Waals surface area contributed by atoms with Crippen molar-refractivity contribution in [3.8, 4) is 0 Å². The number of hydrogen-bond acceptors (Lipinski definition) is 4. The molecule has 7 heteroatoms. The smallest absolute Gasteiger partial charge is 0.305 e. The van der Waals surface area contributed by atoms with Crippen LogP contribution in [0.5, 0.6) is 0 Å². The maximum absolute atomic E-state index is 10.7. The number of aliphatic carboxylic acids is 1. The van der Waals surface area contributed by atoms with Gasteiger partial charge in [0, 0.05) is 37.5 Å². The molecule has 0 spiro atoms. The number of carboxylic acids is 1. The third-order valence-electron chi connectivity index (χ3n) is 2.85. The Morgan fingerprint density at radius 1 is 1.45 bits per heavy atom. The van der Waals surface area contributed by atoms with Crippen LogP contribution in [-0.2, 0) is 17.8 Å². The highest BCUT2D eigenvalue weighted by atomic mass is 16.6. The van der Waals surface area contributed by atoms with Crippen molar-refractivity contribution < 1.29 is 14.8 Å². The first-order valence-electron chi connectivity index (χ1n) is 6.01. The molecule has 0 unspecified atom stereocenters. The SMILES string of the molecule is O=C(O)CCn1ccnc1Cc1cccc([N+](=O)[O-])c1. The van der Waals surface area contributed by atoms with E-state index in [1.54, 1.807) is 29.1 Å². The molecule has 0 saturated carbocycles. The molecule has 2 rings (SSSR count). The molecular weight excluding hydrogens is 262 g/mol. The van der Waals surface area contributed by atoms with Crippen molar-refractivity contribution in [2.24, 2.45) is 0 Å². The average molecular weight is 275 g/mol. The Hall–Kier alpha value is -2.70. The Balaban J connectivity index is 2.14. The zero-order valence-electron chi connectivity index (χ0n) is 10.6. The van der Waals surface area contributed by atoms with Crippen molar-refractivity contribution in [2.75, 3.05) is 0 Å². The van der Waals surface area contributed by atoms with Crippen LogP contribution in [0.4, 0.5) is 5.69 Å². The maximum Gasteiger partial charge on any atom is 0.305 e. The fourth-order valence-electron chi connectivity index (χ4n) is 1.89. The molecular formula is C13H13N3O4. The Bertz CT molecular complexity index is 636. The largest absolute Gasteiger partial charge is 0.481 e. The zero-order chi connectivity index (χ0) is 14.5. The fourth-order valence-corrected chi connectivity index (χ4v) is 1.89. The number of benzene rings is 1. The summed E-state index contributed by atoms with van der Waals surface area (Å²) in [5, 5.41) is 19.4. The van der Waals surface area contributed by atoms with E-state index in [0.717, 1.165) is 5.56 Å². The molecule has 2 aromatic rings. The molecule has 0 aliphatic carbocycles. The van der Waals surface area contributed by atoms with Gasteiger partial charge in [0.25, 0.3) is 5.69 Å². The summed E-state index contributed by atoms with van der Waals surface area (Å²) in [6.07, 6.45) is 3.73. The molecule has 7 nitrogen and oxygen atoms in total. The van der Waals surface area contributed by atoms with Gasteiger partial charge in [0.15, 0.2) is 0 Å². The standard InChI is InChI=1S/C13H13N3O4/c17-13(18)4-6-15-7-5-14-12(15)9-10-2-1-3-11(8-10)16(19)20/h1-3,5,7-8H,4,6,9H2,(H,17,18). The normalized spacial score (nSPS) is 10.4. The number of aromatic nitrogens is 2. The van der Waals surface area contributed by atoms with Gasteiger partial charge in [-0.2, -0.15) is 0 Å². The van der Waals surface area contributed by atoms with Crippen molar-refractivity contribution in [3.63, 3.8) is 0 Å². The summed E-state index contributed by atoms with van der Waals surface area (Å²) in [5.74, 6) is -0.188. The minimum Gasteiger partial charge on any atom is -0.481 e. The Kier molecular flexibility index (Phi) is 4.09. The molecule has 1 heterocycles. The van der Waals surface area contributed by atoms with E-state index in [1.165, 1.54) is 12.1 Å². The van der Waals surface area contributed by atoms with Gasteiger partial charge in [0.2, 0.25) is 0 Å². The Morgan fingerprint density at radius 2 is 2.25 bits per heavy atom. The van der Waals surface area contributed by atoms with Gasteiger partial charge in [-0.25, -0.2) is 4.98 Å². The van der Waals surface area contributed by atoms with Crippen molar-refractivity contribution in [3.05, 3.63) is 58.2 Å². The van der Waals surface area contributed by atoms with E-state index in [-0.39, 0.29) is 12.1 Å². The molecule has 20 heavy (non-hydrogen) atoms. The summed E-state index contributed by atoms with van der Waals surface area (Å²) in [7, 11) is 0. The second-order valence-corrected chi connectivity index (χ2v) is 4.28. The minimum atomic E-state index is -0.875. The third kappa shape index (κ3) is 3.41. The van der Waals surface area contributed by atoms with Gasteiger partial charge in [-0.3, -0.25) is 14.9 Å². The van der Waals surface area contributed by atoms with Crippen LogP contribution in [0, 0.1) is 10.1 Å². The van der Waals surface area contributed by atoms with Crippen LogP contribution in [0.25, 0.3) is 0 Å². The molecule has 0 bridgehead atoms. The number of aryl methyl sites for hydroxylation is 1. The highest BCUT2D eigenvalue weighted by molar-refractivity contribution is 5.66. The van der Waals surface area contributed by atoms with Crippen molar-refractivity contribution in [1.29, 1.82) is 0 Å². The molecule has 0 amide bonds. The summed E-state index contributed by atoms with van der Waals surface area (Å²) in [4.78, 5) is 25.0. The topological polar surface area (TPSA) is 98.3 Å². The van der Waals surface area contributed by atoms with Crippen molar-refractivity contribution in [2.45, 2.75) is 19.4 Å². The van der Waals surface area contributed by atoms with Crippen LogP contribution in [0.15, 0.2) is 36.7 Å². The van der Waals surface area contributed by atoms with Crippen molar-refractivity contribution >= 4 is 11.7 Å². The highest BCUT2D eigenvalue weighted by Crippen LogP contribution is 2.16. The predicted molar refractivity (Wildman–Crippen MR) is 70.4 cm³/mol. The Morgan fingerprint density at radius 3 is 2.95 bits per heavy atom. The number of nitro groups is 1. The van der Waals surface area contributed by atoms with Crippen LogP contribution in [0.3, 0.4) is 0 Å². The lowest BCUT2D eigenvalue weighted by Crippen LogP contribution is -2.08. The van der Waals surface area contributed by atoms with E-state index < -0.39 is 10.9 Å². The first-order chi connectivity index (χ1) is 9.56. The lowest BCUT2D eigenvalue weighted by molar-refractivity contribution is -0.384. The quantitative estimate of drug-likeness (QED) is 0.640. The van der Waals surface area contributed by atoms with E-state index in [1.807, 2.05) is 0 Å². The molecule has 0 radical (unpaired) electrons. The molecule has 1 N–H and O–H groups in total. The van der Waals surface area contributed by atoms with Crippen LogP contribution in [-0.4, -0.2) is 25.6 Å². The number of rotatable bonds is 6. The molecule has 0 fully saturated rings. The molecule has 0 aliphatic rings. The van der Waals surface area contributed by atoms with E-state index in [9.17, 15) is 14.9 Å². The molecule has 0 atom stereocenters. The molecule has 1 aromatic carbocycles. The van der Waals surface area contributed by atoms with Gasteiger partial charge in [-0.15, -0.1) is 0 Å². The number of non-ortho nitro benzene ring substituents is 1. The van der Waals surface area contributed by atoms with Crippen LogP contribution >= 0.6 is 0 Å². The minimum absolute atomic E-state index is 0.0122. The number of imidazole rings is 1. The van der Waals surface area contributed by atoms with Crippen molar-refractivity contribution in [1.82, 2.24) is 9.55 Å². The fraction of sp³-hybridized carbons (Fsp3) is 0.231. The van der Waals surface area contributed by atoms with E-state index in [4.69, 9.17) is 5.11 Å². The second-order valence-electron chi connectivity index (χ2n) is 4.28. The number of hydrogen-bond donors (Lipinski definition) is 1. The summed E-state index contributed by atoms with van der Waals surface area (Å²) in [5.41, 5.74) is 0.799. The van der Waals surface area contributed by atoms with Gasteiger partial charge >= 0.3 is 5.97 Å². The van der Waals surface area contributed by atoms with Gasteiger partial charge < -0.3 is 9.67 Å². The van der Waals surface area contributed by atoms with Gasteiger partial charge in [-0.1, -0.05) is 12.1 Å². The molecule has 0 saturated heterocycles. The number of carbonyl (C=O) groups is 1. The first kappa shape index (κ1) is 13.7. The highest BCUT2D eigenvalue weighted by Gasteiger charge is 2.09. The molecule has 0 aliphatic heterocycles. The van der Waals surface area contributed by atoms with E-state index in [2.05, 4.69) is 4.98 Å². The zero-order valence-corrected chi connectivity index (χ0v) is 10.6. The third-order valence-corrected chi connectivity index (χ3v) is 2.85. The first-order valence-corrected chi connectivity index (χ1v) is 6.01. The van der Waals surface area contributed by atoms with E-state index >= 15 is 0 Å². The monoisotopic (exact) mass is 275 g/mol. The van der Waals surface area contributed by atoms with Crippen LogP contribution in [0.1, 0.15) is 17.8 Å². The number of nitro benzene ring substituents is 1. The lowest BCUT2D eigenvalue weighted by Gasteiger charge is -2.06. The summed E-state index contributed by atoms with van der Waals surface area (Å²) in [6.45, 7) is 0.333. The van der Waals surface area contributed by atoms with Gasteiger partial charge in [-0.05, 0) is 5.56 Å². The summed E-state index contributed by atoms with van der Waals surface area (Å²) < 4.78 is 1.74. The van der Waals surface area contributed by atoms with Gasteiger partial charge in [0.1, 0.15) is 5.82 Å². The van der Waals surface area contributed by atoms with Gasteiger partial charge in [0.05, 0.1) is 11.3 Å². The number of carboxylic acid groups (broad SMARTS) is 1. The summed E-state index contributed by atoms with van der Waals surface area (Å²) >= 11 is 0. The van der Waals surface area contributed by atoms with Crippen LogP contribution < -0.4 is 0 Å². The number of nitrogens with zero attached hydrogens (tertiary/aromatic N) is 3. The average Bonchev–Trinajstić information content (AvgIpc) is 2.84. The molecule has 1 aromatic heterocycles. The van der Waals surface area contributed by atoms with E-state index in [0.29, 0.717) is 18.8 Å². The maximum atomic E-state index is 10.7.